The van der Waals surface area contributed by atoms with Gasteiger partial charge in [-0.2, -0.15) is 0 Å². The van der Waals surface area contributed by atoms with Crippen LogP contribution < -0.4 is 17.2 Å². The summed E-state index contributed by atoms with van der Waals surface area (Å²) in [4.78, 5) is 33.8. The van der Waals surface area contributed by atoms with Crippen LogP contribution in [0.1, 0.15) is 0 Å². The van der Waals surface area contributed by atoms with Gasteiger partial charge >= 0.3 is 0 Å². The van der Waals surface area contributed by atoms with Crippen molar-refractivity contribution in [3.63, 3.8) is 0 Å². The smallest absolute Gasteiger partial charge is 0.274 e. The first-order valence-electron chi connectivity index (χ1n) is 6.50. The fraction of sp³-hybridized carbons (Fsp3) is 0.727. The molecule has 6 N–H and O–H groups in total. The normalized spacial score (nSPS) is 43.9. The molecule has 11 heteroatoms. The predicted molar refractivity (Wildman–Crippen MR) is 64.1 cm³/mol. The third-order valence-corrected chi connectivity index (χ3v) is 3.68. The van der Waals surface area contributed by atoms with Gasteiger partial charge in [0.15, 0.2) is 6.29 Å². The molecule has 11 nitrogen and oxygen atoms in total. The van der Waals surface area contributed by atoms with Crippen LogP contribution in [0.15, 0.2) is 0 Å². The molecule has 0 bridgehead atoms. The molecule has 3 aliphatic rings. The van der Waals surface area contributed by atoms with Crippen molar-refractivity contribution in [2.45, 2.75) is 37.2 Å². The number of rotatable bonds is 4. The van der Waals surface area contributed by atoms with Crippen molar-refractivity contribution < 1.29 is 38.1 Å². The van der Waals surface area contributed by atoms with E-state index in [0.717, 1.165) is 0 Å². The summed E-state index contributed by atoms with van der Waals surface area (Å²) >= 11 is 0. The molecule has 3 rings (SSSR count). The number of ether oxygens (including phenoxy) is 5. The second-order valence-corrected chi connectivity index (χ2v) is 5.11. The molecule has 0 radical (unpaired) electrons. The third-order valence-electron chi connectivity index (χ3n) is 3.68. The number of hydrogen-bond donors (Lipinski definition) is 3. The molecule has 3 amide bonds. The van der Waals surface area contributed by atoms with Crippen LogP contribution >= 0.6 is 0 Å². The Morgan fingerprint density at radius 3 is 2.00 bits per heavy atom. The van der Waals surface area contributed by atoms with Gasteiger partial charge in [0.2, 0.25) is 18.5 Å². The monoisotopic (exact) mass is 317 g/mol. The minimum atomic E-state index is -1.31. The number of carbonyl (C=O) groups excluding carboxylic acids is 3. The van der Waals surface area contributed by atoms with Gasteiger partial charge in [0.1, 0.15) is 18.3 Å². The molecule has 7 atom stereocenters. The second kappa shape index (κ2) is 5.44. The van der Waals surface area contributed by atoms with E-state index in [0.29, 0.717) is 0 Å². The molecule has 3 aliphatic heterocycles. The van der Waals surface area contributed by atoms with Gasteiger partial charge in [-0.1, -0.05) is 0 Å². The van der Waals surface area contributed by atoms with Crippen LogP contribution in [0.25, 0.3) is 0 Å². The summed E-state index contributed by atoms with van der Waals surface area (Å²) in [7, 11) is 0. The lowest BCUT2D eigenvalue weighted by Gasteiger charge is -2.23. The van der Waals surface area contributed by atoms with Crippen molar-refractivity contribution in [3.05, 3.63) is 0 Å². The fourth-order valence-electron chi connectivity index (χ4n) is 2.75. The summed E-state index contributed by atoms with van der Waals surface area (Å²) in [6.07, 6.45) is -6.02. The maximum absolute atomic E-state index is 11.7. The fourth-order valence-corrected chi connectivity index (χ4v) is 2.75. The average molecular weight is 317 g/mol. The van der Waals surface area contributed by atoms with Crippen LogP contribution in [-0.4, -0.2) is 61.5 Å². The van der Waals surface area contributed by atoms with Crippen LogP contribution in [0.4, 0.5) is 0 Å². The first kappa shape index (κ1) is 15.1. The molecule has 0 aromatic rings. The van der Waals surface area contributed by atoms with E-state index in [9.17, 15) is 14.4 Å². The lowest BCUT2D eigenvalue weighted by atomic mass is 9.94. The minimum Gasteiger partial charge on any atom is -0.369 e. The van der Waals surface area contributed by atoms with Gasteiger partial charge in [0.05, 0.1) is 12.5 Å². The van der Waals surface area contributed by atoms with E-state index < -0.39 is 60.8 Å². The molecular weight excluding hydrogens is 302 g/mol. The first-order chi connectivity index (χ1) is 10.4. The highest BCUT2D eigenvalue weighted by Crippen LogP contribution is 2.39. The third kappa shape index (κ3) is 2.42. The summed E-state index contributed by atoms with van der Waals surface area (Å²) in [6, 6.07) is 0. The van der Waals surface area contributed by atoms with Gasteiger partial charge < -0.3 is 40.9 Å². The Balaban J connectivity index is 1.73. The largest absolute Gasteiger partial charge is 0.369 e. The van der Waals surface area contributed by atoms with Crippen molar-refractivity contribution in [1.29, 1.82) is 0 Å². The SMILES string of the molecule is NC(=O)C1OCC(C2OC3OC(C(N)=O)OC3C2C(N)=O)O1. The van der Waals surface area contributed by atoms with E-state index in [4.69, 9.17) is 40.9 Å². The Hall–Kier alpha value is -1.79. The Morgan fingerprint density at radius 2 is 1.45 bits per heavy atom. The summed E-state index contributed by atoms with van der Waals surface area (Å²) in [5.41, 5.74) is 15.5. The van der Waals surface area contributed by atoms with Gasteiger partial charge in [-0.15, -0.1) is 0 Å². The van der Waals surface area contributed by atoms with Gasteiger partial charge in [-0.25, -0.2) is 0 Å². The van der Waals surface area contributed by atoms with Crippen molar-refractivity contribution in [3.8, 4) is 0 Å². The molecule has 7 unspecified atom stereocenters. The van der Waals surface area contributed by atoms with Gasteiger partial charge in [0.25, 0.3) is 11.8 Å². The van der Waals surface area contributed by atoms with E-state index in [1.54, 1.807) is 0 Å². The molecule has 3 fully saturated rings. The molecule has 0 spiro atoms. The van der Waals surface area contributed by atoms with Crippen LogP contribution in [0.3, 0.4) is 0 Å². The maximum atomic E-state index is 11.7. The van der Waals surface area contributed by atoms with E-state index in [1.807, 2.05) is 0 Å². The number of nitrogens with two attached hydrogens (primary N) is 3. The van der Waals surface area contributed by atoms with Gasteiger partial charge in [-0.05, 0) is 0 Å². The van der Waals surface area contributed by atoms with Crippen molar-refractivity contribution in [2.24, 2.45) is 23.1 Å². The highest BCUT2D eigenvalue weighted by atomic mass is 16.8. The van der Waals surface area contributed by atoms with Crippen molar-refractivity contribution in [1.82, 2.24) is 0 Å². The minimum absolute atomic E-state index is 0.0132. The quantitative estimate of drug-likeness (QED) is 0.474. The standard InChI is InChI=1S/C11H15N3O8/c12-6(15)3-4(2-1-18-10(19-2)7(13)16)20-9-5(3)21-11(22-9)8(14)17/h2-5,9-11H,1H2,(H2,12,15)(H2,13,16)(H2,14,17). The summed E-state index contributed by atoms with van der Waals surface area (Å²) in [5.74, 6) is -3.31. The van der Waals surface area contributed by atoms with E-state index in [2.05, 4.69) is 0 Å². The summed E-state index contributed by atoms with van der Waals surface area (Å²) < 4.78 is 26.3. The maximum Gasteiger partial charge on any atom is 0.274 e. The number of carbonyl (C=O) groups is 3. The molecule has 0 aliphatic carbocycles. The van der Waals surface area contributed by atoms with Crippen LogP contribution in [0, 0.1) is 5.92 Å². The van der Waals surface area contributed by atoms with Gasteiger partial charge in [-0.3, -0.25) is 14.4 Å². The number of primary amides is 3. The molecule has 3 saturated heterocycles. The molecule has 22 heavy (non-hydrogen) atoms. The molecule has 0 aromatic heterocycles. The number of hydrogen-bond acceptors (Lipinski definition) is 8. The Morgan fingerprint density at radius 1 is 0.773 bits per heavy atom. The van der Waals surface area contributed by atoms with Crippen LogP contribution in [0.2, 0.25) is 0 Å². The Labute approximate surface area is 123 Å². The summed E-state index contributed by atoms with van der Waals surface area (Å²) in [6.45, 7) is -0.0132. The Kier molecular flexibility index (Phi) is 3.74. The molecule has 0 aromatic carbocycles. The number of fused-ring (bicyclic) bond motifs is 1. The lowest BCUT2D eigenvalue weighted by molar-refractivity contribution is -0.189. The van der Waals surface area contributed by atoms with E-state index in [1.165, 1.54) is 0 Å². The zero-order valence-corrected chi connectivity index (χ0v) is 11.2. The number of amides is 3. The van der Waals surface area contributed by atoms with Crippen LogP contribution in [-0.2, 0) is 38.1 Å². The molecule has 122 valence electrons. The molecule has 0 saturated carbocycles. The zero-order valence-electron chi connectivity index (χ0n) is 11.2. The second-order valence-electron chi connectivity index (χ2n) is 5.11. The van der Waals surface area contributed by atoms with Crippen molar-refractivity contribution >= 4 is 17.7 Å². The Bertz CT molecular complexity index is 514. The summed E-state index contributed by atoms with van der Waals surface area (Å²) in [5, 5.41) is 0. The lowest BCUT2D eigenvalue weighted by Crippen LogP contribution is -2.45. The highest BCUT2D eigenvalue weighted by Gasteiger charge is 2.58. The first-order valence-corrected chi connectivity index (χ1v) is 6.50. The predicted octanol–water partition coefficient (Wildman–Crippen LogP) is -3.73. The topological polar surface area (TPSA) is 175 Å². The van der Waals surface area contributed by atoms with Crippen molar-refractivity contribution in [2.75, 3.05) is 6.61 Å². The highest BCUT2D eigenvalue weighted by molar-refractivity contribution is 5.80. The van der Waals surface area contributed by atoms with Gasteiger partial charge in [0, 0.05) is 0 Å². The molecular formula is C11H15N3O8. The van der Waals surface area contributed by atoms with E-state index >= 15 is 0 Å². The molecule has 3 heterocycles. The average Bonchev–Trinajstić information content (AvgIpc) is 3.10. The zero-order chi connectivity index (χ0) is 16.0. The van der Waals surface area contributed by atoms with Crippen LogP contribution in [0.5, 0.6) is 0 Å². The van der Waals surface area contributed by atoms with E-state index in [-0.39, 0.29) is 6.61 Å².